The van der Waals surface area contributed by atoms with Crippen molar-refractivity contribution in [1.29, 1.82) is 0 Å². The van der Waals surface area contributed by atoms with Crippen LogP contribution in [0.4, 0.5) is 0 Å². The number of hydrogen-bond acceptors (Lipinski definition) is 5. The lowest BCUT2D eigenvalue weighted by Crippen LogP contribution is -2.44. The molecule has 0 spiro atoms. The lowest BCUT2D eigenvalue weighted by Gasteiger charge is -2.46. The highest BCUT2D eigenvalue weighted by Gasteiger charge is 2.48. The van der Waals surface area contributed by atoms with Crippen molar-refractivity contribution >= 4 is 137 Å². The molecule has 4 atom stereocenters. The van der Waals surface area contributed by atoms with Crippen molar-refractivity contribution in [2.45, 2.75) is 135 Å². The summed E-state index contributed by atoms with van der Waals surface area (Å²) in [6.07, 6.45) is 7.27. The summed E-state index contributed by atoms with van der Waals surface area (Å²) in [5, 5.41) is 19.3. The smallest absolute Gasteiger partial charge is 0.145 e. The van der Waals surface area contributed by atoms with E-state index < -0.39 is 0 Å². The topological polar surface area (TPSA) is 86.5 Å². The van der Waals surface area contributed by atoms with Crippen LogP contribution in [0.3, 0.4) is 0 Å². The maximum Gasteiger partial charge on any atom is 0.145 e. The zero-order valence-corrected chi connectivity index (χ0v) is 75.2. The first kappa shape index (κ1) is 77.5. The third-order valence-electron chi connectivity index (χ3n) is 30.8. The second kappa shape index (κ2) is 28.8. The Kier molecular flexibility index (Phi) is 17.2. The lowest BCUT2D eigenvalue weighted by molar-refractivity contribution is 0.287. The van der Waals surface area contributed by atoms with Crippen LogP contribution in [0.5, 0.6) is 0 Å². The first-order valence-electron chi connectivity index (χ1n) is 46.3. The number of imidazole rings is 5. The summed E-state index contributed by atoms with van der Waals surface area (Å²) in [5.41, 5.74) is 37.3. The van der Waals surface area contributed by atoms with E-state index in [0.29, 0.717) is 11.8 Å². The van der Waals surface area contributed by atoms with E-state index in [2.05, 4.69) is 432 Å². The van der Waals surface area contributed by atoms with Gasteiger partial charge in [-0.05, 0) is 152 Å². The molecule has 0 fully saturated rings. The van der Waals surface area contributed by atoms with Crippen LogP contribution in [0.2, 0.25) is 0 Å². The first-order chi connectivity index (χ1) is 63.4. The van der Waals surface area contributed by atoms with E-state index in [-0.39, 0.29) is 28.1 Å². The largest absolute Gasteiger partial charge is 0.296 e. The van der Waals surface area contributed by atoms with Gasteiger partial charge in [-0.25, -0.2) is 24.9 Å². The van der Waals surface area contributed by atoms with Gasteiger partial charge in [0.1, 0.15) is 28.2 Å². The minimum absolute atomic E-state index is 0.0141. The minimum Gasteiger partial charge on any atom is -0.296 e. The van der Waals surface area contributed by atoms with E-state index in [1.807, 2.05) is 0 Å². The Morgan fingerprint density at radius 1 is 0.292 bits per heavy atom. The molecule has 0 bridgehead atoms. The molecule has 628 valence electrons. The van der Waals surface area contributed by atoms with Crippen LogP contribution in [0.15, 0.2) is 334 Å². The zero-order chi connectivity index (χ0) is 87.6. The molecule has 0 amide bonds. The molecule has 0 N–H and O–H groups in total. The van der Waals surface area contributed by atoms with E-state index in [9.17, 15) is 0 Å². The van der Waals surface area contributed by atoms with Crippen LogP contribution < -0.4 is 0 Å². The minimum atomic E-state index is 0.0141. The highest BCUT2D eigenvalue weighted by molar-refractivity contribution is 6.20. The molecule has 4 unspecified atom stereocenters. The number of rotatable bonds is 4. The van der Waals surface area contributed by atoms with Gasteiger partial charge in [-0.3, -0.25) is 22.0 Å². The fourth-order valence-corrected chi connectivity index (χ4v) is 24.1. The average molecular weight is 1680 g/mol. The van der Waals surface area contributed by atoms with Crippen molar-refractivity contribution in [3.63, 3.8) is 0 Å². The Morgan fingerprint density at radius 3 is 1.32 bits per heavy atom. The molecular weight excluding hydrogens is 1580 g/mol. The van der Waals surface area contributed by atoms with Gasteiger partial charge in [0.15, 0.2) is 0 Å². The van der Waals surface area contributed by atoms with Crippen molar-refractivity contribution in [2.24, 2.45) is 0 Å². The lowest BCUT2D eigenvalue weighted by atomic mass is 9.60. The molecule has 130 heavy (non-hydrogen) atoms. The molecule has 10 nitrogen and oxygen atoms in total. The Labute approximate surface area is 754 Å². The normalized spacial score (nSPS) is 16.8. The van der Waals surface area contributed by atoms with Crippen LogP contribution in [0.1, 0.15) is 164 Å². The molecule has 0 saturated carbocycles. The third-order valence-corrected chi connectivity index (χ3v) is 30.8. The van der Waals surface area contributed by atoms with Gasteiger partial charge in [-0.15, -0.1) is 0 Å². The predicted molar refractivity (Wildman–Crippen MR) is 540 cm³/mol. The molecule has 14 aromatic carbocycles. The molecule has 10 aromatic heterocycles. The summed E-state index contributed by atoms with van der Waals surface area (Å²) in [4.78, 5) is 24.7. The molecule has 0 radical (unpaired) electrons. The summed E-state index contributed by atoms with van der Waals surface area (Å²) in [5.74, 6) is 1.45. The van der Waals surface area contributed by atoms with Gasteiger partial charge in [-0.1, -0.05) is 365 Å². The summed E-state index contributed by atoms with van der Waals surface area (Å²) in [6.45, 7) is 25.3. The van der Waals surface area contributed by atoms with E-state index in [1.165, 1.54) is 204 Å². The Balaban J connectivity index is 0.0000000882. The van der Waals surface area contributed by atoms with Crippen molar-refractivity contribution < 1.29 is 0 Å². The summed E-state index contributed by atoms with van der Waals surface area (Å²) < 4.78 is 12.1. The molecule has 10 heteroatoms. The number of nitrogens with zero attached hydrogens (tertiary/aromatic N) is 10. The monoisotopic (exact) mass is 1680 g/mol. The predicted octanol–water partition coefficient (Wildman–Crippen LogP) is 29.5. The highest BCUT2D eigenvalue weighted by atomic mass is 15.1. The molecule has 15 heterocycles. The first-order valence-corrected chi connectivity index (χ1v) is 46.3. The Hall–Kier alpha value is -14.9. The number of aryl methyl sites for hydroxylation is 5. The molecule has 0 saturated heterocycles. The van der Waals surface area contributed by atoms with E-state index in [1.54, 1.807) is 0 Å². The summed E-state index contributed by atoms with van der Waals surface area (Å²) in [7, 11) is 0. The van der Waals surface area contributed by atoms with Crippen molar-refractivity contribution in [3.05, 3.63) is 418 Å². The molecular formula is C120H98N10. The van der Waals surface area contributed by atoms with Crippen LogP contribution in [-0.2, 0) is 35.5 Å². The van der Waals surface area contributed by atoms with Crippen molar-refractivity contribution in [3.8, 4) is 22.3 Å². The highest BCUT2D eigenvalue weighted by Crippen LogP contribution is 2.56. The molecule has 29 rings (SSSR count). The maximum absolute atomic E-state index is 5.16. The summed E-state index contributed by atoms with van der Waals surface area (Å²) >= 11 is 0. The van der Waals surface area contributed by atoms with Gasteiger partial charge in [-0.2, -0.15) is 0 Å². The van der Waals surface area contributed by atoms with Crippen LogP contribution in [-0.4, -0.2) is 46.9 Å². The molecule has 5 aliphatic heterocycles. The van der Waals surface area contributed by atoms with Crippen molar-refractivity contribution in [1.82, 2.24) is 46.9 Å². The number of aromatic nitrogens is 10. The van der Waals surface area contributed by atoms with Crippen LogP contribution in [0.25, 0.3) is 159 Å². The number of hydrogen-bond donors (Lipinski definition) is 0. The fourth-order valence-electron chi connectivity index (χ4n) is 24.1. The van der Waals surface area contributed by atoms with E-state index >= 15 is 0 Å². The van der Waals surface area contributed by atoms with Gasteiger partial charge in [0.2, 0.25) is 0 Å². The third kappa shape index (κ3) is 11.1. The standard InChI is InChI=1S/C30H22N2.C25H20N2.C23H16N2.C22H22N2.C20H18N2/c1-19-28-27(21-13-6-3-7-14-21)26(20-11-4-2-5-12-20)25-18-10-17-23-22-15-8-9-16-24(22)30(31-19)32(28)29(23)25;1-25(2)14-17-15-26-24-20-11-7-6-10-19(20)22-18(16-8-4-3-5-9-16)12-13-21(25)23(22)27(17)24;1-2-6-15(7-3-1)17-12-16-10-11-18-14-24-23-20-9-5-4-8-19(20)21(13-17)22(16)25(18)23;1-13-19-22(4,5)21(2,3)17-12-8-11-15-14-9-6-7-10-16(14)20(23-13)24(19)18(15)17;1-11-12(2)18-13(3)21-20-17-8-5-4-7-15(17)16-10-6-9-14(11)19(16)22(18)20/h2-18,26-27H,1H3;3-13,15H,14H2,1-2H3;1-9,12-14H,10-11H2;6-12H,1-5H3;4-12H,1-3H3. The number of benzene rings is 14. The van der Waals surface area contributed by atoms with Gasteiger partial charge >= 0.3 is 0 Å². The number of para-hydroxylation sites is 3. The van der Waals surface area contributed by atoms with Gasteiger partial charge in [0.25, 0.3) is 0 Å². The maximum atomic E-state index is 5.16. The SMILES string of the molecule is CC1(C)Cc2cnc3c4ccccc4c4c(-c5ccccc5)ccc1c4n23.Cc1nc2c3ccccc3c3cccc4c3n2c1C(C)(C)C4(C)C.Cc1nc2c3ccccc3c3cccc4c3n2c1C(C)C4C.Cc1nc2c3ccccc3c3cccc4c3n2c1C(c1ccccc1)C4c1ccccc1.c1ccc(-c2cc3c4c(c2)c2ccccc2c2ncc(n24)CC3)cc1. The Bertz CT molecular complexity index is 8880. The van der Waals surface area contributed by atoms with Gasteiger partial charge in [0.05, 0.1) is 56.1 Å². The van der Waals surface area contributed by atoms with E-state index in [4.69, 9.17) is 24.9 Å². The number of pyridine rings is 5. The van der Waals surface area contributed by atoms with Gasteiger partial charge < -0.3 is 0 Å². The van der Waals surface area contributed by atoms with Crippen LogP contribution in [0, 0.1) is 20.8 Å². The number of fused-ring (bicyclic) bond motifs is 15. The molecule has 0 aliphatic carbocycles. The quantitative estimate of drug-likeness (QED) is 0.164. The van der Waals surface area contributed by atoms with Crippen molar-refractivity contribution in [2.75, 3.05) is 0 Å². The fraction of sp³-hybridized carbons (Fsp3) is 0.175. The van der Waals surface area contributed by atoms with E-state index in [0.717, 1.165) is 58.9 Å². The van der Waals surface area contributed by atoms with Gasteiger partial charge in [0, 0.05) is 112 Å². The summed E-state index contributed by atoms with van der Waals surface area (Å²) in [6, 6.07) is 116. The second-order valence-electron chi connectivity index (χ2n) is 38.7. The average Bonchev–Trinajstić information content (AvgIpc) is 1.45. The molecule has 5 aliphatic rings. The zero-order valence-electron chi connectivity index (χ0n) is 75.2. The molecule has 24 aromatic rings. The Morgan fingerprint density at radius 2 is 0.731 bits per heavy atom. The second-order valence-corrected chi connectivity index (χ2v) is 38.7. The van der Waals surface area contributed by atoms with Crippen LogP contribution >= 0.6 is 0 Å².